The molecule has 3 aromatic carbocycles. The molecule has 0 aliphatic carbocycles. The Kier molecular flexibility index (Phi) is 10.2. The Labute approximate surface area is 310 Å². The van der Waals surface area contributed by atoms with Crippen LogP contribution in [0.15, 0.2) is 95.8 Å². The third-order valence-electron chi connectivity index (χ3n) is 10.4. The first-order valence-electron chi connectivity index (χ1n) is 18.1. The number of benzene rings is 3. The standard InChI is InChI=1S/C42H42GeN2O8/c1-4-42(53-41(49)52-26-28-14-7-5-8-15-28)34-24-36-37-32(25-45(36)38(46)33(34)27-51-40(42)48)30(31-18-11-12-19-35(31)44-37)20-22-43(2,3)21-13-23-50-39(47)29-16-9-6-10-17-29/h5-12,14-19,24H,4,13,20-23,25-27H2,1-3H3/t42-/m0/s1. The quantitative estimate of drug-likeness (QED) is 0.0528. The molecule has 0 N–H and O–H groups in total. The van der Waals surface area contributed by atoms with Crippen molar-refractivity contribution >= 4 is 42.3 Å². The maximum atomic E-state index is 14.2. The summed E-state index contributed by atoms with van der Waals surface area (Å²) >= 11 is -2.33. The van der Waals surface area contributed by atoms with Gasteiger partial charge >= 0.3 is 269 Å². The van der Waals surface area contributed by atoms with E-state index in [1.165, 1.54) is 0 Å². The molecule has 4 heterocycles. The molecule has 7 rings (SSSR count). The first-order valence-corrected chi connectivity index (χ1v) is 25.2. The van der Waals surface area contributed by atoms with Crippen LogP contribution in [0.3, 0.4) is 0 Å². The molecule has 2 aromatic heterocycles. The molecule has 0 saturated heterocycles. The molecule has 2 aliphatic heterocycles. The van der Waals surface area contributed by atoms with Gasteiger partial charge in [-0.2, -0.15) is 0 Å². The number of fused-ring (bicyclic) bond motifs is 5. The average Bonchev–Trinajstić information content (AvgIpc) is 3.54. The number of ether oxygens (including phenoxy) is 4. The first kappa shape index (κ1) is 36.1. The van der Waals surface area contributed by atoms with Gasteiger partial charge in [-0.15, -0.1) is 0 Å². The van der Waals surface area contributed by atoms with Crippen LogP contribution in [0.4, 0.5) is 4.79 Å². The van der Waals surface area contributed by atoms with E-state index in [-0.39, 0.29) is 36.7 Å². The van der Waals surface area contributed by atoms with Crippen LogP contribution in [-0.4, -0.2) is 47.5 Å². The van der Waals surface area contributed by atoms with Crippen molar-refractivity contribution in [2.75, 3.05) is 6.61 Å². The number of esters is 2. The van der Waals surface area contributed by atoms with Gasteiger partial charge < -0.3 is 0 Å². The van der Waals surface area contributed by atoms with Gasteiger partial charge in [0.2, 0.25) is 0 Å². The van der Waals surface area contributed by atoms with Crippen molar-refractivity contribution in [3.63, 3.8) is 0 Å². The van der Waals surface area contributed by atoms with Crippen LogP contribution in [0, 0.1) is 0 Å². The van der Waals surface area contributed by atoms with Gasteiger partial charge in [0, 0.05) is 0 Å². The van der Waals surface area contributed by atoms with Crippen molar-refractivity contribution in [2.45, 2.75) is 73.6 Å². The summed E-state index contributed by atoms with van der Waals surface area (Å²) in [6, 6.07) is 28.0. The molecule has 0 spiro atoms. The molecule has 53 heavy (non-hydrogen) atoms. The number of carbonyl (C=O) groups excluding carboxylic acids is 3. The van der Waals surface area contributed by atoms with Crippen LogP contribution in [0.5, 0.6) is 0 Å². The minimum absolute atomic E-state index is 0.0380. The zero-order valence-corrected chi connectivity index (χ0v) is 32.3. The molecule has 0 amide bonds. The Bertz CT molecular complexity index is 2250. The van der Waals surface area contributed by atoms with Crippen LogP contribution in [0.2, 0.25) is 22.0 Å². The molecule has 0 saturated carbocycles. The van der Waals surface area contributed by atoms with Crippen LogP contribution in [0.1, 0.15) is 57.9 Å². The molecular formula is C42H42GeN2O8. The predicted octanol–water partition coefficient (Wildman–Crippen LogP) is 7.94. The zero-order valence-electron chi connectivity index (χ0n) is 30.2. The molecule has 10 nitrogen and oxygen atoms in total. The van der Waals surface area contributed by atoms with Gasteiger partial charge in [-0.05, 0) is 5.56 Å². The van der Waals surface area contributed by atoms with E-state index in [0.29, 0.717) is 35.7 Å². The number of aromatic nitrogens is 2. The summed E-state index contributed by atoms with van der Waals surface area (Å²) in [5.41, 5.74) is 3.96. The number of rotatable bonds is 12. The molecule has 1 atom stereocenters. The monoisotopic (exact) mass is 776 g/mol. The Morgan fingerprint density at radius 1 is 0.906 bits per heavy atom. The fraction of sp³-hybridized carbons (Fsp3) is 0.310. The van der Waals surface area contributed by atoms with E-state index in [1.54, 1.807) is 29.7 Å². The molecule has 0 fully saturated rings. The fourth-order valence-corrected chi connectivity index (χ4v) is 12.2. The van der Waals surface area contributed by atoms with Gasteiger partial charge in [-0.3, -0.25) is 0 Å². The van der Waals surface area contributed by atoms with E-state index in [0.717, 1.165) is 50.9 Å². The third kappa shape index (κ3) is 7.24. The Morgan fingerprint density at radius 3 is 2.38 bits per heavy atom. The Morgan fingerprint density at radius 2 is 1.62 bits per heavy atom. The van der Waals surface area contributed by atoms with E-state index < -0.39 is 31.0 Å². The molecule has 0 radical (unpaired) electrons. The summed E-state index contributed by atoms with van der Waals surface area (Å²) in [6.07, 6.45) is 0.643. The number of aryl methyl sites for hydroxylation is 1. The van der Waals surface area contributed by atoms with Gasteiger partial charge in [-0.25, -0.2) is 0 Å². The minimum atomic E-state index is -2.33. The third-order valence-corrected chi connectivity index (χ3v) is 17.4. The summed E-state index contributed by atoms with van der Waals surface area (Å²) in [7, 11) is 0. The van der Waals surface area contributed by atoms with Gasteiger partial charge in [0.1, 0.15) is 6.61 Å². The van der Waals surface area contributed by atoms with E-state index in [1.807, 2.05) is 66.7 Å². The number of carbonyl (C=O) groups is 3. The molecule has 2 aliphatic rings. The zero-order chi connectivity index (χ0) is 37.2. The number of cyclic esters (lactones) is 1. The van der Waals surface area contributed by atoms with Crippen molar-refractivity contribution in [3.8, 4) is 11.4 Å². The maximum absolute atomic E-state index is 14.2. The topological polar surface area (TPSA) is 123 Å². The summed E-state index contributed by atoms with van der Waals surface area (Å²) in [4.78, 5) is 58.3. The normalized spacial score (nSPS) is 15.9. The van der Waals surface area contributed by atoms with E-state index in [4.69, 9.17) is 23.9 Å². The molecule has 272 valence electrons. The van der Waals surface area contributed by atoms with Crippen molar-refractivity contribution in [1.29, 1.82) is 0 Å². The van der Waals surface area contributed by atoms with Crippen LogP contribution >= 0.6 is 0 Å². The van der Waals surface area contributed by atoms with Crippen LogP contribution in [0.25, 0.3) is 22.3 Å². The summed E-state index contributed by atoms with van der Waals surface area (Å²) in [5.74, 6) is 3.76. The van der Waals surface area contributed by atoms with E-state index in [2.05, 4.69) is 17.6 Å². The molecule has 0 unspecified atom stereocenters. The second kappa shape index (κ2) is 15.0. The summed E-state index contributed by atoms with van der Waals surface area (Å²) in [5, 5.41) is 3.13. The summed E-state index contributed by atoms with van der Waals surface area (Å²) < 4.78 is 24.0. The predicted molar refractivity (Wildman–Crippen MR) is 202 cm³/mol. The number of nitrogens with zero attached hydrogens (tertiary/aromatic N) is 2. The van der Waals surface area contributed by atoms with Gasteiger partial charge in [-0.1, -0.05) is 30.3 Å². The molecule has 0 bridgehead atoms. The molecule has 11 heteroatoms. The Hall–Kier alpha value is -5.23. The number of pyridine rings is 2. The number of hydrogen-bond acceptors (Lipinski definition) is 9. The first-order chi connectivity index (χ1) is 25.6. The SMILES string of the molecule is CC[C@@]1(OC(=O)OCc2ccccc2)C(=O)OCc2c1cc1n(c2=O)Cc2c-1nc1ccccc1c2C[CH2][Ge]([CH3])([CH3])[CH2]CCOC(=O)c1ccccc1. The van der Waals surface area contributed by atoms with Gasteiger partial charge in [0.05, 0.1) is 0 Å². The Balaban J connectivity index is 1.15. The van der Waals surface area contributed by atoms with E-state index >= 15 is 0 Å². The van der Waals surface area contributed by atoms with Crippen LogP contribution < -0.4 is 5.56 Å². The van der Waals surface area contributed by atoms with Gasteiger partial charge in [0.15, 0.2) is 0 Å². The number of para-hydroxylation sites is 1. The molecule has 5 aromatic rings. The van der Waals surface area contributed by atoms with E-state index in [9.17, 15) is 19.2 Å². The molecular weight excluding hydrogens is 733 g/mol. The van der Waals surface area contributed by atoms with Crippen LogP contribution in [-0.2, 0) is 55.5 Å². The van der Waals surface area contributed by atoms with Gasteiger partial charge in [0.25, 0.3) is 0 Å². The van der Waals surface area contributed by atoms with Crippen molar-refractivity contribution in [2.24, 2.45) is 0 Å². The van der Waals surface area contributed by atoms with Crippen molar-refractivity contribution < 1.29 is 33.3 Å². The average molecular weight is 775 g/mol. The second-order valence-electron chi connectivity index (χ2n) is 14.4. The number of hydrogen-bond donors (Lipinski definition) is 0. The van der Waals surface area contributed by atoms with Crippen molar-refractivity contribution in [1.82, 2.24) is 9.55 Å². The fourth-order valence-electron chi connectivity index (χ4n) is 7.41. The second-order valence-corrected chi connectivity index (χ2v) is 25.6. The van der Waals surface area contributed by atoms with Crippen molar-refractivity contribution in [3.05, 3.63) is 135 Å². The summed E-state index contributed by atoms with van der Waals surface area (Å²) in [6.45, 7) is 2.17.